The van der Waals surface area contributed by atoms with Gasteiger partial charge >= 0.3 is 12.2 Å². The number of fused-ring (bicyclic) bond motifs is 1. The van der Waals surface area contributed by atoms with Crippen molar-refractivity contribution in [1.29, 1.82) is 0 Å². The van der Waals surface area contributed by atoms with E-state index < -0.39 is 18.8 Å². The molecular weight excluding hydrogens is 485 g/mol. The number of benzene rings is 1. The quantitative estimate of drug-likeness (QED) is 0.402. The summed E-state index contributed by atoms with van der Waals surface area (Å²) in [5.74, 6) is 0. The molecule has 0 aliphatic carbocycles. The number of amides is 2. The van der Waals surface area contributed by atoms with Crippen LogP contribution in [-0.2, 0) is 4.74 Å². The van der Waals surface area contributed by atoms with E-state index in [-0.39, 0.29) is 18.4 Å². The van der Waals surface area contributed by atoms with Crippen LogP contribution in [0.3, 0.4) is 0 Å². The van der Waals surface area contributed by atoms with Crippen molar-refractivity contribution in [1.82, 2.24) is 24.5 Å². The molecule has 0 saturated carbocycles. The van der Waals surface area contributed by atoms with Gasteiger partial charge in [-0.3, -0.25) is 9.08 Å². The summed E-state index contributed by atoms with van der Waals surface area (Å²) in [6.45, 7) is 0.0146. The molecule has 4 aromatic rings. The lowest BCUT2D eigenvalue weighted by atomic mass is 10.1. The average Bonchev–Trinajstić information content (AvgIpc) is 3.57. The highest BCUT2D eigenvalue weighted by atomic mass is 35.5. The fourth-order valence-corrected chi connectivity index (χ4v) is 3.90. The first-order chi connectivity index (χ1) is 16.4. The molecule has 0 bridgehead atoms. The number of alkyl halides is 3. The van der Waals surface area contributed by atoms with Gasteiger partial charge in [-0.2, -0.15) is 18.3 Å². The molecule has 2 amide bonds. The predicted octanol–water partition coefficient (Wildman–Crippen LogP) is 4.93. The Morgan fingerprint density at radius 2 is 2.00 bits per heavy atom. The number of carbonyl (C=O) groups excluding carboxylic acids is 1. The zero-order valence-corrected chi connectivity index (χ0v) is 19.1. The molecule has 184 valence electrons. The van der Waals surface area contributed by atoms with Crippen molar-refractivity contribution in [3.05, 3.63) is 61.2 Å². The van der Waals surface area contributed by atoms with Gasteiger partial charge in [-0.15, -0.1) is 12.4 Å². The number of aromatic nitrogens is 4. The average molecular weight is 507 g/mol. The molecule has 2 N–H and O–H groups in total. The molecule has 5 rings (SSSR count). The third-order valence-corrected chi connectivity index (χ3v) is 5.59. The van der Waals surface area contributed by atoms with Crippen LogP contribution in [-0.4, -0.2) is 51.1 Å². The lowest BCUT2D eigenvalue weighted by Gasteiger charge is -2.11. The fraction of sp³-hybridized carbons (Fsp3) is 0.261. The third-order valence-electron chi connectivity index (χ3n) is 5.59. The van der Waals surface area contributed by atoms with Gasteiger partial charge in [-0.1, -0.05) is 12.1 Å². The number of halogens is 4. The number of hydrogen-bond donors (Lipinski definition) is 2. The second-order valence-corrected chi connectivity index (χ2v) is 8.02. The summed E-state index contributed by atoms with van der Waals surface area (Å²) in [7, 11) is 0. The smallest absolute Gasteiger partial charge is 0.379 e. The normalized spacial score (nSPS) is 15.7. The summed E-state index contributed by atoms with van der Waals surface area (Å²) >= 11 is 0. The summed E-state index contributed by atoms with van der Waals surface area (Å²) in [6.07, 6.45) is 3.92. The first kappa shape index (κ1) is 24.6. The van der Waals surface area contributed by atoms with Gasteiger partial charge in [0.05, 0.1) is 30.7 Å². The van der Waals surface area contributed by atoms with E-state index in [1.165, 1.54) is 0 Å². The van der Waals surface area contributed by atoms with Gasteiger partial charge < -0.3 is 15.4 Å². The lowest BCUT2D eigenvalue weighted by molar-refractivity contribution is -0.122. The van der Waals surface area contributed by atoms with E-state index in [0.717, 1.165) is 41.1 Å². The van der Waals surface area contributed by atoms with Crippen LogP contribution in [0.15, 0.2) is 61.2 Å². The number of nitrogens with zero attached hydrogens (tertiary/aromatic N) is 4. The molecule has 3 aromatic heterocycles. The van der Waals surface area contributed by atoms with Gasteiger partial charge in [0.25, 0.3) is 0 Å². The number of rotatable bonds is 5. The Hall–Kier alpha value is -3.57. The first-order valence-electron chi connectivity index (χ1n) is 10.7. The van der Waals surface area contributed by atoms with E-state index in [1.807, 2.05) is 45.9 Å². The molecule has 0 radical (unpaired) electrons. The molecule has 4 heterocycles. The molecule has 1 saturated heterocycles. The van der Waals surface area contributed by atoms with Crippen LogP contribution < -0.4 is 10.6 Å². The van der Waals surface area contributed by atoms with Crippen LogP contribution in [0.2, 0.25) is 0 Å². The number of hydrogen-bond acceptors (Lipinski definition) is 4. The molecule has 8 nitrogen and oxygen atoms in total. The maximum atomic E-state index is 12.3. The van der Waals surface area contributed by atoms with Gasteiger partial charge in [0.1, 0.15) is 12.2 Å². The van der Waals surface area contributed by atoms with E-state index in [2.05, 4.69) is 15.4 Å². The number of nitrogens with one attached hydrogen (secondary N) is 2. The highest BCUT2D eigenvalue weighted by molar-refractivity contribution is 5.90. The zero-order chi connectivity index (χ0) is 23.7. The van der Waals surface area contributed by atoms with Crippen molar-refractivity contribution in [2.24, 2.45) is 0 Å². The molecule has 1 aromatic carbocycles. The van der Waals surface area contributed by atoms with Crippen LogP contribution in [0.1, 0.15) is 12.5 Å². The predicted molar refractivity (Wildman–Crippen MR) is 127 cm³/mol. The summed E-state index contributed by atoms with van der Waals surface area (Å²) in [5, 5.41) is 8.69. The number of ether oxygens (including phenoxy) is 1. The maximum absolute atomic E-state index is 12.3. The van der Waals surface area contributed by atoms with E-state index in [0.29, 0.717) is 12.3 Å². The van der Waals surface area contributed by atoms with Crippen LogP contribution in [0.25, 0.3) is 28.0 Å². The Bertz CT molecular complexity index is 1330. The molecule has 0 spiro atoms. The number of pyridine rings is 1. The van der Waals surface area contributed by atoms with E-state index in [1.54, 1.807) is 29.7 Å². The lowest BCUT2D eigenvalue weighted by Crippen LogP contribution is -2.36. The standard InChI is InChI=1S/C23H21F3N6O2.ClH/c24-23(25,26)14-28-22(33)30-18-3-1-2-16(8-18)20-11-27-21-9-15(4-6-31(20)21)17-10-29-32(12-17)19-5-7-34-13-19;/h1-4,6,8-12,19H,5,7,13-14H2,(H2,28,30,33);1H. The number of carbonyl (C=O) groups is 1. The summed E-state index contributed by atoms with van der Waals surface area (Å²) in [4.78, 5) is 16.3. The maximum Gasteiger partial charge on any atom is 0.405 e. The number of imidazole rings is 1. The molecule has 1 fully saturated rings. The number of urea groups is 1. The van der Waals surface area contributed by atoms with Crippen LogP contribution in [0.4, 0.5) is 23.7 Å². The second kappa shape index (κ2) is 9.96. The largest absolute Gasteiger partial charge is 0.405 e. The van der Waals surface area contributed by atoms with Gasteiger partial charge in [-0.05, 0) is 36.2 Å². The molecule has 1 unspecified atom stereocenters. The van der Waals surface area contributed by atoms with Crippen LogP contribution >= 0.6 is 12.4 Å². The highest BCUT2D eigenvalue weighted by Gasteiger charge is 2.27. The molecular formula is C23H22ClF3N6O2. The topological polar surface area (TPSA) is 85.5 Å². The van der Waals surface area contributed by atoms with Crippen molar-refractivity contribution in [2.45, 2.75) is 18.6 Å². The minimum Gasteiger partial charge on any atom is -0.379 e. The Kier molecular flexibility index (Phi) is 6.99. The highest BCUT2D eigenvalue weighted by Crippen LogP contribution is 2.28. The molecule has 35 heavy (non-hydrogen) atoms. The van der Waals surface area contributed by atoms with Crippen molar-refractivity contribution in [2.75, 3.05) is 25.1 Å². The van der Waals surface area contributed by atoms with Crippen molar-refractivity contribution >= 4 is 29.8 Å². The van der Waals surface area contributed by atoms with Crippen molar-refractivity contribution in [3.8, 4) is 22.4 Å². The van der Waals surface area contributed by atoms with Gasteiger partial charge in [0.2, 0.25) is 0 Å². The van der Waals surface area contributed by atoms with Crippen molar-refractivity contribution in [3.63, 3.8) is 0 Å². The SMILES string of the molecule is Cl.O=C(NCC(F)(F)F)Nc1cccc(-c2cnc3cc(-c4cnn(C5CCOC5)c4)ccn23)c1. The van der Waals surface area contributed by atoms with Crippen LogP contribution in [0.5, 0.6) is 0 Å². The minimum absolute atomic E-state index is 0. The second-order valence-electron chi connectivity index (χ2n) is 8.02. The van der Waals surface area contributed by atoms with E-state index >= 15 is 0 Å². The van der Waals surface area contributed by atoms with Crippen LogP contribution in [0, 0.1) is 0 Å². The Labute approximate surface area is 204 Å². The van der Waals surface area contributed by atoms with Gasteiger partial charge in [-0.25, -0.2) is 9.78 Å². The molecule has 12 heteroatoms. The summed E-state index contributed by atoms with van der Waals surface area (Å²) in [5.41, 5.74) is 4.59. The van der Waals surface area contributed by atoms with E-state index in [4.69, 9.17) is 4.74 Å². The Morgan fingerprint density at radius 3 is 2.77 bits per heavy atom. The summed E-state index contributed by atoms with van der Waals surface area (Å²) in [6, 6.07) is 10.1. The minimum atomic E-state index is -4.47. The zero-order valence-electron chi connectivity index (χ0n) is 18.3. The third kappa shape index (κ3) is 5.57. The number of anilines is 1. The Morgan fingerprint density at radius 1 is 1.14 bits per heavy atom. The van der Waals surface area contributed by atoms with E-state index in [9.17, 15) is 18.0 Å². The van der Waals surface area contributed by atoms with Crippen molar-refractivity contribution < 1.29 is 22.7 Å². The molecule has 1 atom stereocenters. The Balaban J connectivity index is 0.00000289. The first-order valence-corrected chi connectivity index (χ1v) is 10.7. The molecule has 1 aliphatic rings. The molecule has 1 aliphatic heterocycles. The van der Waals surface area contributed by atoms with Gasteiger partial charge in [0, 0.05) is 35.8 Å². The monoisotopic (exact) mass is 506 g/mol. The summed E-state index contributed by atoms with van der Waals surface area (Å²) < 4.78 is 46.2. The van der Waals surface area contributed by atoms with Gasteiger partial charge in [0.15, 0.2) is 0 Å². The fourth-order valence-electron chi connectivity index (χ4n) is 3.90.